The van der Waals surface area contributed by atoms with Crippen LogP contribution in [-0.2, 0) is 20.9 Å². The van der Waals surface area contributed by atoms with Gasteiger partial charge in [-0.2, -0.15) is 0 Å². The van der Waals surface area contributed by atoms with Crippen LogP contribution in [0.4, 0.5) is 0 Å². The van der Waals surface area contributed by atoms with E-state index in [0.717, 1.165) is 10.5 Å². The topological polar surface area (TPSA) is 104 Å². The summed E-state index contributed by atoms with van der Waals surface area (Å²) >= 11 is 0. The molecule has 2 N–H and O–H groups in total. The fraction of sp³-hybridized carbons (Fsp3) is 0.308. The summed E-state index contributed by atoms with van der Waals surface area (Å²) in [5.74, 6) is -3.18. The number of ether oxygens (including phenoxy) is 1. The number of carboxylic acids is 2. The van der Waals surface area contributed by atoms with E-state index in [-0.39, 0.29) is 5.56 Å². The van der Waals surface area contributed by atoms with Gasteiger partial charge in [0, 0.05) is 12.7 Å². The predicted molar refractivity (Wildman–Crippen MR) is 68.3 cm³/mol. The molecule has 0 aliphatic heterocycles. The molecule has 1 aromatic rings. The second-order valence-corrected chi connectivity index (χ2v) is 4.08. The van der Waals surface area contributed by atoms with E-state index >= 15 is 0 Å². The molecular weight excluding hydrogens is 266 g/mol. The maximum atomic E-state index is 12.1. The van der Waals surface area contributed by atoms with Crippen LogP contribution in [0.3, 0.4) is 0 Å². The number of carbonyl (C=O) groups excluding carboxylic acids is 1. The molecule has 1 rings (SSSR count). The van der Waals surface area contributed by atoms with Crippen LogP contribution in [0.15, 0.2) is 24.3 Å². The first-order valence-corrected chi connectivity index (χ1v) is 5.74. The highest BCUT2D eigenvalue weighted by molar-refractivity contribution is 5.97. The van der Waals surface area contributed by atoms with Crippen molar-refractivity contribution in [2.24, 2.45) is 0 Å². The van der Waals surface area contributed by atoms with Gasteiger partial charge < -0.3 is 19.8 Å². The summed E-state index contributed by atoms with van der Waals surface area (Å²) in [6.45, 7) is -0.932. The van der Waals surface area contributed by atoms with Gasteiger partial charge in [0.15, 0.2) is 0 Å². The number of amides is 1. The van der Waals surface area contributed by atoms with Crippen LogP contribution in [0.5, 0.6) is 0 Å². The van der Waals surface area contributed by atoms with Gasteiger partial charge in [-0.05, 0) is 17.7 Å². The molecule has 1 amide bonds. The average Bonchev–Trinajstić information content (AvgIpc) is 2.37. The zero-order valence-corrected chi connectivity index (χ0v) is 10.9. The van der Waals surface area contributed by atoms with Gasteiger partial charge in [-0.3, -0.25) is 14.4 Å². The van der Waals surface area contributed by atoms with Crippen LogP contribution in [0.1, 0.15) is 15.9 Å². The van der Waals surface area contributed by atoms with Crippen molar-refractivity contribution >= 4 is 17.8 Å². The van der Waals surface area contributed by atoms with E-state index in [9.17, 15) is 14.4 Å². The molecule has 7 nitrogen and oxygen atoms in total. The number of aliphatic carboxylic acids is 2. The normalized spacial score (nSPS) is 10.1. The molecule has 0 fully saturated rings. The molecule has 20 heavy (non-hydrogen) atoms. The minimum absolute atomic E-state index is 0.229. The highest BCUT2D eigenvalue weighted by Crippen LogP contribution is 2.08. The first-order chi connectivity index (χ1) is 9.43. The number of hydrogen-bond donors (Lipinski definition) is 2. The third-order valence-corrected chi connectivity index (χ3v) is 2.45. The fourth-order valence-electron chi connectivity index (χ4n) is 1.62. The molecule has 0 unspecified atom stereocenters. The third kappa shape index (κ3) is 4.69. The fourth-order valence-corrected chi connectivity index (χ4v) is 1.62. The summed E-state index contributed by atoms with van der Waals surface area (Å²) in [5, 5.41) is 17.4. The molecule has 7 heteroatoms. The molecule has 0 bridgehead atoms. The Morgan fingerprint density at radius 1 is 1.05 bits per heavy atom. The van der Waals surface area contributed by atoms with E-state index in [0.29, 0.717) is 6.61 Å². The summed E-state index contributed by atoms with van der Waals surface area (Å²) in [6, 6.07) is 6.34. The summed E-state index contributed by atoms with van der Waals surface area (Å²) in [4.78, 5) is 34.1. The zero-order valence-electron chi connectivity index (χ0n) is 10.9. The Hall–Kier alpha value is -2.41. The average molecular weight is 281 g/mol. The Morgan fingerprint density at radius 3 is 1.95 bits per heavy atom. The van der Waals surface area contributed by atoms with E-state index in [4.69, 9.17) is 14.9 Å². The van der Waals surface area contributed by atoms with Crippen molar-refractivity contribution in [1.29, 1.82) is 0 Å². The van der Waals surface area contributed by atoms with E-state index in [1.807, 2.05) is 0 Å². The molecule has 0 aliphatic rings. The van der Waals surface area contributed by atoms with Crippen molar-refractivity contribution in [2.45, 2.75) is 6.61 Å². The molecule has 0 aliphatic carbocycles. The predicted octanol–water partition coefficient (Wildman–Crippen LogP) is 0.444. The van der Waals surface area contributed by atoms with Crippen LogP contribution < -0.4 is 0 Å². The number of nitrogens with zero attached hydrogens (tertiary/aromatic N) is 1. The molecule has 0 atom stereocenters. The van der Waals surface area contributed by atoms with Crippen LogP contribution in [-0.4, -0.2) is 53.2 Å². The SMILES string of the molecule is COCc1ccc(C(=O)N(CC(=O)O)CC(=O)O)cc1. The summed E-state index contributed by atoms with van der Waals surface area (Å²) in [7, 11) is 1.54. The second-order valence-electron chi connectivity index (χ2n) is 4.08. The van der Waals surface area contributed by atoms with Crippen molar-refractivity contribution in [3.05, 3.63) is 35.4 Å². The Kier molecular flexibility index (Phi) is 5.67. The van der Waals surface area contributed by atoms with Crippen molar-refractivity contribution < 1.29 is 29.3 Å². The number of carbonyl (C=O) groups is 3. The van der Waals surface area contributed by atoms with Gasteiger partial charge in [-0.1, -0.05) is 12.1 Å². The molecule has 108 valence electrons. The maximum absolute atomic E-state index is 12.1. The lowest BCUT2D eigenvalue weighted by molar-refractivity contribution is -0.140. The Bertz CT molecular complexity index is 480. The number of rotatable bonds is 7. The molecule has 0 heterocycles. The van der Waals surface area contributed by atoms with Gasteiger partial charge in [-0.15, -0.1) is 0 Å². The third-order valence-electron chi connectivity index (χ3n) is 2.45. The lowest BCUT2D eigenvalue weighted by Gasteiger charge is -2.18. The Morgan fingerprint density at radius 2 is 1.55 bits per heavy atom. The summed E-state index contributed by atoms with van der Waals surface area (Å²) < 4.78 is 4.93. The van der Waals surface area contributed by atoms with Crippen LogP contribution >= 0.6 is 0 Å². The largest absolute Gasteiger partial charge is 0.480 e. The van der Waals surface area contributed by atoms with Crippen molar-refractivity contribution in [2.75, 3.05) is 20.2 Å². The van der Waals surface area contributed by atoms with Crippen LogP contribution in [0.2, 0.25) is 0 Å². The molecule has 0 spiro atoms. The monoisotopic (exact) mass is 281 g/mol. The van der Waals surface area contributed by atoms with Gasteiger partial charge >= 0.3 is 11.9 Å². The maximum Gasteiger partial charge on any atom is 0.323 e. The number of carboxylic acid groups (broad SMARTS) is 2. The zero-order chi connectivity index (χ0) is 15.1. The number of methoxy groups -OCH3 is 1. The molecule has 1 aromatic carbocycles. The lowest BCUT2D eigenvalue weighted by atomic mass is 10.1. The van der Waals surface area contributed by atoms with Gasteiger partial charge in [0.1, 0.15) is 13.1 Å². The molecule has 0 saturated heterocycles. The van der Waals surface area contributed by atoms with E-state index < -0.39 is 30.9 Å². The van der Waals surface area contributed by atoms with E-state index in [2.05, 4.69) is 0 Å². The Balaban J connectivity index is 2.87. The van der Waals surface area contributed by atoms with Crippen molar-refractivity contribution in [1.82, 2.24) is 4.90 Å². The standard InChI is InChI=1S/C13H15NO6/c1-20-8-9-2-4-10(5-3-9)13(19)14(6-11(15)16)7-12(17)18/h2-5H,6-8H2,1H3,(H,15,16)(H,17,18). The highest BCUT2D eigenvalue weighted by atomic mass is 16.5. The summed E-state index contributed by atoms with van der Waals surface area (Å²) in [6.07, 6.45) is 0. The first-order valence-electron chi connectivity index (χ1n) is 5.74. The quantitative estimate of drug-likeness (QED) is 0.751. The van der Waals surface area contributed by atoms with E-state index in [1.54, 1.807) is 19.2 Å². The van der Waals surface area contributed by atoms with Crippen LogP contribution in [0, 0.1) is 0 Å². The summed E-state index contributed by atoms with van der Waals surface area (Å²) in [5.41, 5.74) is 1.08. The number of benzene rings is 1. The first kappa shape index (κ1) is 15.6. The molecule has 0 saturated carbocycles. The minimum atomic E-state index is -1.27. The minimum Gasteiger partial charge on any atom is -0.480 e. The number of hydrogen-bond acceptors (Lipinski definition) is 4. The second kappa shape index (κ2) is 7.25. The molecular formula is C13H15NO6. The Labute approximate surface area is 115 Å². The van der Waals surface area contributed by atoms with Gasteiger partial charge in [0.25, 0.3) is 5.91 Å². The van der Waals surface area contributed by atoms with Crippen molar-refractivity contribution in [3.8, 4) is 0 Å². The van der Waals surface area contributed by atoms with E-state index in [1.165, 1.54) is 12.1 Å². The molecule has 0 aromatic heterocycles. The highest BCUT2D eigenvalue weighted by Gasteiger charge is 2.20. The van der Waals surface area contributed by atoms with Crippen molar-refractivity contribution in [3.63, 3.8) is 0 Å². The van der Waals surface area contributed by atoms with Gasteiger partial charge in [0.05, 0.1) is 6.61 Å². The van der Waals surface area contributed by atoms with Gasteiger partial charge in [0.2, 0.25) is 0 Å². The van der Waals surface area contributed by atoms with Gasteiger partial charge in [-0.25, -0.2) is 0 Å². The lowest BCUT2D eigenvalue weighted by Crippen LogP contribution is -2.39. The van der Waals surface area contributed by atoms with Crippen LogP contribution in [0.25, 0.3) is 0 Å². The smallest absolute Gasteiger partial charge is 0.323 e. The molecule has 0 radical (unpaired) electrons.